The Kier molecular flexibility index (Phi) is 6.00. The summed E-state index contributed by atoms with van der Waals surface area (Å²) in [5.41, 5.74) is 2.76. The van der Waals surface area contributed by atoms with E-state index in [9.17, 15) is 0 Å². The van der Waals surface area contributed by atoms with Gasteiger partial charge in [0.1, 0.15) is 5.82 Å². The first-order valence-corrected chi connectivity index (χ1v) is 7.65. The lowest BCUT2D eigenvalue weighted by Gasteiger charge is -2.28. The fourth-order valence-electron chi connectivity index (χ4n) is 2.23. The second-order valence-electron chi connectivity index (χ2n) is 7.13. The molecule has 0 bridgehead atoms. The average molecular weight is 277 g/mol. The summed E-state index contributed by atoms with van der Waals surface area (Å²) in [6.45, 7) is 15.2. The van der Waals surface area contributed by atoms with E-state index >= 15 is 0 Å². The van der Waals surface area contributed by atoms with Crippen molar-refractivity contribution in [1.82, 2.24) is 10.3 Å². The number of hydrogen-bond donors (Lipinski definition) is 1. The molecule has 1 N–H and O–H groups in total. The van der Waals surface area contributed by atoms with Gasteiger partial charge in [-0.15, -0.1) is 0 Å². The average Bonchev–Trinajstić information content (AvgIpc) is 2.33. The van der Waals surface area contributed by atoms with Crippen molar-refractivity contribution in [2.75, 3.05) is 18.5 Å². The van der Waals surface area contributed by atoms with Gasteiger partial charge in [-0.25, -0.2) is 4.98 Å². The van der Waals surface area contributed by atoms with Gasteiger partial charge in [-0.2, -0.15) is 0 Å². The van der Waals surface area contributed by atoms with Crippen molar-refractivity contribution in [3.8, 4) is 0 Å². The summed E-state index contributed by atoms with van der Waals surface area (Å²) in [6.07, 6.45) is 0.978. The van der Waals surface area contributed by atoms with Crippen molar-refractivity contribution in [1.29, 1.82) is 0 Å². The molecule has 1 rings (SSSR count). The van der Waals surface area contributed by atoms with Gasteiger partial charge in [0.25, 0.3) is 0 Å². The minimum Gasteiger partial charge on any atom is -0.359 e. The molecule has 0 aromatic carbocycles. The van der Waals surface area contributed by atoms with Gasteiger partial charge in [0, 0.05) is 31.9 Å². The van der Waals surface area contributed by atoms with Crippen molar-refractivity contribution in [3.63, 3.8) is 0 Å². The lowest BCUT2D eigenvalue weighted by molar-refractivity contribution is 0.417. The fraction of sp³-hybridized carbons (Fsp3) is 0.706. The number of nitrogens with zero attached hydrogens (tertiary/aromatic N) is 2. The highest BCUT2D eigenvalue weighted by atomic mass is 15.2. The van der Waals surface area contributed by atoms with Crippen LogP contribution in [0.2, 0.25) is 0 Å². The van der Waals surface area contributed by atoms with Crippen molar-refractivity contribution >= 4 is 5.82 Å². The summed E-state index contributed by atoms with van der Waals surface area (Å²) in [5.74, 6) is 1.08. The SMILES string of the molecule is CCc1cc(CNC(C)C)cc(N(C)CC(C)(C)C)n1. The molecular weight excluding hydrogens is 246 g/mol. The van der Waals surface area contributed by atoms with E-state index in [1.807, 2.05) is 0 Å². The van der Waals surface area contributed by atoms with E-state index in [2.05, 4.69) is 70.9 Å². The Morgan fingerprint density at radius 3 is 2.40 bits per heavy atom. The van der Waals surface area contributed by atoms with Gasteiger partial charge in [-0.1, -0.05) is 41.5 Å². The predicted octanol–water partition coefficient (Wildman–Crippen LogP) is 3.62. The van der Waals surface area contributed by atoms with Crippen LogP contribution in [0.25, 0.3) is 0 Å². The van der Waals surface area contributed by atoms with E-state index in [0.717, 1.165) is 25.3 Å². The van der Waals surface area contributed by atoms with Crippen LogP contribution in [-0.2, 0) is 13.0 Å². The summed E-state index contributed by atoms with van der Waals surface area (Å²) in [6, 6.07) is 4.92. The Balaban J connectivity index is 2.92. The fourth-order valence-corrected chi connectivity index (χ4v) is 2.23. The molecule has 0 amide bonds. The molecular formula is C17H31N3. The normalized spacial score (nSPS) is 12.0. The topological polar surface area (TPSA) is 28.2 Å². The van der Waals surface area contributed by atoms with Crippen molar-refractivity contribution in [2.45, 2.75) is 60.5 Å². The summed E-state index contributed by atoms with van der Waals surface area (Å²) >= 11 is 0. The van der Waals surface area contributed by atoms with Crippen LogP contribution >= 0.6 is 0 Å². The molecule has 20 heavy (non-hydrogen) atoms. The Morgan fingerprint density at radius 1 is 1.25 bits per heavy atom. The maximum atomic E-state index is 4.76. The van der Waals surface area contributed by atoms with Gasteiger partial charge in [-0.3, -0.25) is 0 Å². The van der Waals surface area contributed by atoms with Crippen LogP contribution in [0.5, 0.6) is 0 Å². The highest BCUT2D eigenvalue weighted by Crippen LogP contribution is 2.20. The van der Waals surface area contributed by atoms with E-state index in [4.69, 9.17) is 4.98 Å². The first kappa shape index (κ1) is 17.0. The van der Waals surface area contributed by atoms with E-state index < -0.39 is 0 Å². The van der Waals surface area contributed by atoms with E-state index in [0.29, 0.717) is 6.04 Å². The Morgan fingerprint density at radius 2 is 1.90 bits per heavy atom. The highest BCUT2D eigenvalue weighted by molar-refractivity contribution is 5.42. The van der Waals surface area contributed by atoms with Gasteiger partial charge in [0.05, 0.1) is 0 Å². The largest absolute Gasteiger partial charge is 0.359 e. The molecule has 0 atom stereocenters. The molecule has 1 aromatic rings. The molecule has 0 unspecified atom stereocenters. The van der Waals surface area contributed by atoms with Crippen molar-refractivity contribution in [3.05, 3.63) is 23.4 Å². The second kappa shape index (κ2) is 7.07. The van der Waals surface area contributed by atoms with Crippen LogP contribution in [0.4, 0.5) is 5.82 Å². The lowest BCUT2D eigenvalue weighted by atomic mass is 9.96. The standard InChI is InChI=1S/C17H31N3/c1-8-15-9-14(11-18-13(2)3)10-16(19-15)20(7)12-17(4,5)6/h9-10,13,18H,8,11-12H2,1-7H3. The molecule has 0 aliphatic carbocycles. The molecule has 0 saturated carbocycles. The zero-order chi connectivity index (χ0) is 15.3. The summed E-state index contributed by atoms with van der Waals surface area (Å²) in [7, 11) is 2.13. The maximum Gasteiger partial charge on any atom is 0.128 e. The molecule has 0 aliphatic heterocycles. The van der Waals surface area contributed by atoms with Gasteiger partial charge in [0.15, 0.2) is 0 Å². The Labute approximate surface area is 124 Å². The number of nitrogens with one attached hydrogen (secondary N) is 1. The minimum atomic E-state index is 0.273. The third-order valence-electron chi connectivity index (χ3n) is 3.10. The molecule has 114 valence electrons. The zero-order valence-electron chi connectivity index (χ0n) is 14.2. The zero-order valence-corrected chi connectivity index (χ0v) is 14.2. The molecule has 0 radical (unpaired) electrons. The Hall–Kier alpha value is -1.09. The predicted molar refractivity (Wildman–Crippen MR) is 88.3 cm³/mol. The number of aromatic nitrogens is 1. The molecule has 1 aromatic heterocycles. The van der Waals surface area contributed by atoms with E-state index in [-0.39, 0.29) is 5.41 Å². The minimum absolute atomic E-state index is 0.273. The number of rotatable bonds is 6. The number of pyridine rings is 1. The summed E-state index contributed by atoms with van der Waals surface area (Å²) < 4.78 is 0. The van der Waals surface area contributed by atoms with Crippen molar-refractivity contribution in [2.24, 2.45) is 5.41 Å². The van der Waals surface area contributed by atoms with Gasteiger partial charge in [-0.05, 0) is 29.5 Å². The summed E-state index contributed by atoms with van der Waals surface area (Å²) in [4.78, 5) is 7.02. The maximum absolute atomic E-state index is 4.76. The molecule has 0 aliphatic rings. The molecule has 0 saturated heterocycles. The monoisotopic (exact) mass is 277 g/mol. The number of hydrogen-bond acceptors (Lipinski definition) is 3. The lowest BCUT2D eigenvalue weighted by Crippen LogP contribution is -2.30. The van der Waals surface area contributed by atoms with Crippen LogP contribution in [0, 0.1) is 5.41 Å². The highest BCUT2D eigenvalue weighted by Gasteiger charge is 2.15. The van der Waals surface area contributed by atoms with E-state index in [1.165, 1.54) is 11.3 Å². The van der Waals surface area contributed by atoms with Crippen LogP contribution in [0.1, 0.15) is 52.8 Å². The molecule has 3 heteroatoms. The van der Waals surface area contributed by atoms with Gasteiger partial charge in [0.2, 0.25) is 0 Å². The first-order valence-electron chi connectivity index (χ1n) is 7.65. The summed E-state index contributed by atoms with van der Waals surface area (Å²) in [5, 5.41) is 3.48. The Bertz CT molecular complexity index is 419. The van der Waals surface area contributed by atoms with Crippen LogP contribution in [0.15, 0.2) is 12.1 Å². The second-order valence-corrected chi connectivity index (χ2v) is 7.13. The molecule has 3 nitrogen and oxygen atoms in total. The third-order valence-corrected chi connectivity index (χ3v) is 3.10. The van der Waals surface area contributed by atoms with Gasteiger partial charge >= 0.3 is 0 Å². The number of aryl methyl sites for hydroxylation is 1. The molecule has 0 spiro atoms. The third kappa shape index (κ3) is 5.91. The van der Waals surface area contributed by atoms with Crippen molar-refractivity contribution < 1.29 is 0 Å². The van der Waals surface area contributed by atoms with Crippen LogP contribution in [0.3, 0.4) is 0 Å². The van der Waals surface area contributed by atoms with Gasteiger partial charge < -0.3 is 10.2 Å². The molecule has 0 fully saturated rings. The van der Waals surface area contributed by atoms with Crippen LogP contribution in [-0.4, -0.2) is 24.6 Å². The van der Waals surface area contributed by atoms with E-state index in [1.54, 1.807) is 0 Å². The molecule has 1 heterocycles. The quantitative estimate of drug-likeness (QED) is 0.860. The smallest absolute Gasteiger partial charge is 0.128 e. The first-order chi connectivity index (χ1) is 9.21. The van der Waals surface area contributed by atoms with Crippen LogP contribution < -0.4 is 10.2 Å². The number of anilines is 1.